The fraction of sp³-hybridized carbons (Fsp3) is 0.588. The summed E-state index contributed by atoms with van der Waals surface area (Å²) in [6.07, 6.45) is 1.92. The van der Waals surface area contributed by atoms with Crippen LogP contribution in [0.4, 0.5) is 0 Å². The van der Waals surface area contributed by atoms with Crippen molar-refractivity contribution in [3.05, 3.63) is 35.9 Å². The highest BCUT2D eigenvalue weighted by Gasteiger charge is 2.03. The minimum absolute atomic E-state index is 0. The summed E-state index contributed by atoms with van der Waals surface area (Å²) in [5, 5.41) is 6.53. The van der Waals surface area contributed by atoms with Gasteiger partial charge in [0.1, 0.15) is 0 Å². The molecule has 0 fully saturated rings. The molecule has 1 atom stereocenters. The Labute approximate surface area is 157 Å². The first kappa shape index (κ1) is 22.1. The molecule has 0 aromatic heterocycles. The number of nitrogens with one attached hydrogen (secondary N) is 2. The maximum absolute atomic E-state index is 5.65. The molecule has 1 aromatic carbocycles. The summed E-state index contributed by atoms with van der Waals surface area (Å²) in [5.74, 6) is 0.800. The molecular weight excluding hydrogens is 405 g/mol. The number of halogens is 1. The van der Waals surface area contributed by atoms with Crippen molar-refractivity contribution in [2.24, 2.45) is 4.99 Å². The number of hydrogen-bond acceptors (Lipinski definition) is 3. The molecule has 0 aliphatic heterocycles. The molecule has 0 aliphatic rings. The summed E-state index contributed by atoms with van der Waals surface area (Å²) in [6, 6.07) is 10.6. The van der Waals surface area contributed by atoms with E-state index in [4.69, 9.17) is 9.47 Å². The lowest BCUT2D eigenvalue weighted by atomic mass is 10.2. The van der Waals surface area contributed by atoms with Gasteiger partial charge in [0, 0.05) is 33.4 Å². The molecule has 2 N–H and O–H groups in total. The maximum atomic E-state index is 5.65. The lowest BCUT2D eigenvalue weighted by molar-refractivity contribution is 0.135. The molecule has 0 aliphatic carbocycles. The van der Waals surface area contributed by atoms with E-state index in [1.54, 1.807) is 14.2 Å². The van der Waals surface area contributed by atoms with Crippen LogP contribution >= 0.6 is 24.0 Å². The largest absolute Gasteiger partial charge is 0.383 e. The Balaban J connectivity index is 0.00000484. The fourth-order valence-corrected chi connectivity index (χ4v) is 2.04. The van der Waals surface area contributed by atoms with Crippen LogP contribution in [0.2, 0.25) is 0 Å². The maximum Gasteiger partial charge on any atom is 0.191 e. The SMILES string of the molecule is CN=C(NCCCOCCc1ccccc1)NC(C)COC.I. The van der Waals surface area contributed by atoms with Gasteiger partial charge in [-0.2, -0.15) is 0 Å². The molecule has 5 nitrogen and oxygen atoms in total. The summed E-state index contributed by atoms with van der Waals surface area (Å²) in [6.45, 7) is 5.07. The summed E-state index contributed by atoms with van der Waals surface area (Å²) in [7, 11) is 3.46. The van der Waals surface area contributed by atoms with Crippen LogP contribution in [-0.2, 0) is 15.9 Å². The highest BCUT2D eigenvalue weighted by molar-refractivity contribution is 14.0. The third-order valence-electron chi connectivity index (χ3n) is 3.16. The van der Waals surface area contributed by atoms with Gasteiger partial charge in [-0.1, -0.05) is 30.3 Å². The van der Waals surface area contributed by atoms with Crippen LogP contribution in [0, 0.1) is 0 Å². The van der Waals surface area contributed by atoms with Crippen molar-refractivity contribution >= 4 is 29.9 Å². The Kier molecular flexibility index (Phi) is 14.2. The molecule has 0 heterocycles. The zero-order valence-electron chi connectivity index (χ0n) is 14.4. The van der Waals surface area contributed by atoms with Crippen LogP contribution in [0.1, 0.15) is 18.9 Å². The third-order valence-corrected chi connectivity index (χ3v) is 3.16. The Morgan fingerprint density at radius 2 is 1.96 bits per heavy atom. The van der Waals surface area contributed by atoms with Gasteiger partial charge in [-0.3, -0.25) is 4.99 Å². The lowest BCUT2D eigenvalue weighted by Gasteiger charge is -2.17. The van der Waals surface area contributed by atoms with Gasteiger partial charge in [0.05, 0.1) is 13.2 Å². The number of aliphatic imine (C=N–C) groups is 1. The van der Waals surface area contributed by atoms with E-state index in [1.165, 1.54) is 5.56 Å². The van der Waals surface area contributed by atoms with Crippen molar-refractivity contribution in [2.75, 3.05) is 40.5 Å². The van der Waals surface area contributed by atoms with Crippen molar-refractivity contribution in [1.29, 1.82) is 0 Å². The second kappa shape index (κ2) is 14.7. The minimum Gasteiger partial charge on any atom is -0.383 e. The van der Waals surface area contributed by atoms with E-state index in [0.29, 0.717) is 6.61 Å². The van der Waals surface area contributed by atoms with Crippen LogP contribution < -0.4 is 10.6 Å². The molecule has 1 aromatic rings. The first-order valence-corrected chi connectivity index (χ1v) is 7.84. The van der Waals surface area contributed by atoms with E-state index in [-0.39, 0.29) is 30.0 Å². The minimum atomic E-state index is 0. The van der Waals surface area contributed by atoms with Gasteiger partial charge in [-0.15, -0.1) is 24.0 Å². The van der Waals surface area contributed by atoms with Crippen molar-refractivity contribution in [2.45, 2.75) is 25.8 Å². The van der Waals surface area contributed by atoms with E-state index in [1.807, 2.05) is 6.07 Å². The predicted molar refractivity (Wildman–Crippen MR) is 107 cm³/mol. The van der Waals surface area contributed by atoms with E-state index < -0.39 is 0 Å². The van der Waals surface area contributed by atoms with Crippen LogP contribution in [0.15, 0.2) is 35.3 Å². The standard InChI is InChI=1S/C17H29N3O2.HI/c1-15(14-21-3)20-17(18-2)19-11-7-12-22-13-10-16-8-5-4-6-9-16;/h4-6,8-9,15H,7,10-14H2,1-3H3,(H2,18,19,20);1H. The summed E-state index contributed by atoms with van der Waals surface area (Å²) in [5.41, 5.74) is 1.32. The molecule has 132 valence electrons. The highest BCUT2D eigenvalue weighted by atomic mass is 127. The number of rotatable bonds is 10. The molecule has 0 saturated carbocycles. The molecule has 1 unspecified atom stereocenters. The van der Waals surface area contributed by atoms with Crippen LogP contribution in [0.25, 0.3) is 0 Å². The van der Waals surface area contributed by atoms with E-state index >= 15 is 0 Å². The molecule has 23 heavy (non-hydrogen) atoms. The molecule has 0 bridgehead atoms. The number of guanidine groups is 1. The average molecular weight is 435 g/mol. The predicted octanol–water partition coefficient (Wildman–Crippen LogP) is 2.45. The zero-order chi connectivity index (χ0) is 16.0. The second-order valence-electron chi connectivity index (χ2n) is 5.20. The fourth-order valence-electron chi connectivity index (χ4n) is 2.04. The van der Waals surface area contributed by atoms with Gasteiger partial charge >= 0.3 is 0 Å². The topological polar surface area (TPSA) is 54.9 Å². The summed E-state index contributed by atoms with van der Waals surface area (Å²) < 4.78 is 10.7. The van der Waals surface area contributed by atoms with Gasteiger partial charge in [-0.25, -0.2) is 0 Å². The van der Waals surface area contributed by atoms with Crippen LogP contribution in [-0.4, -0.2) is 52.5 Å². The van der Waals surface area contributed by atoms with E-state index in [2.05, 4.69) is 46.8 Å². The monoisotopic (exact) mass is 435 g/mol. The van der Waals surface area contributed by atoms with Crippen molar-refractivity contribution in [3.8, 4) is 0 Å². The van der Waals surface area contributed by atoms with Gasteiger partial charge < -0.3 is 20.1 Å². The molecule has 0 saturated heterocycles. The van der Waals surface area contributed by atoms with E-state index in [0.717, 1.165) is 38.6 Å². The van der Waals surface area contributed by atoms with Gasteiger partial charge in [0.25, 0.3) is 0 Å². The second-order valence-corrected chi connectivity index (χ2v) is 5.20. The Morgan fingerprint density at radius 1 is 1.22 bits per heavy atom. The van der Waals surface area contributed by atoms with Crippen molar-refractivity contribution in [3.63, 3.8) is 0 Å². The molecule has 6 heteroatoms. The zero-order valence-corrected chi connectivity index (χ0v) is 16.7. The van der Waals surface area contributed by atoms with Crippen molar-refractivity contribution in [1.82, 2.24) is 10.6 Å². The first-order valence-electron chi connectivity index (χ1n) is 7.84. The number of benzene rings is 1. The number of hydrogen-bond donors (Lipinski definition) is 2. The molecule has 0 amide bonds. The van der Waals surface area contributed by atoms with Gasteiger partial charge in [-0.05, 0) is 25.3 Å². The number of ether oxygens (including phenoxy) is 2. The van der Waals surface area contributed by atoms with Crippen LogP contribution in [0.5, 0.6) is 0 Å². The van der Waals surface area contributed by atoms with Gasteiger partial charge in [0.2, 0.25) is 0 Å². The Bertz CT molecular complexity index is 416. The quantitative estimate of drug-likeness (QED) is 0.257. The smallest absolute Gasteiger partial charge is 0.191 e. The number of methoxy groups -OCH3 is 1. The van der Waals surface area contributed by atoms with Crippen molar-refractivity contribution < 1.29 is 9.47 Å². The normalized spacial score (nSPS) is 12.4. The lowest BCUT2D eigenvalue weighted by Crippen LogP contribution is -2.44. The molecule has 1 rings (SSSR count). The Morgan fingerprint density at radius 3 is 2.61 bits per heavy atom. The molecular formula is C17H30IN3O2. The van der Waals surface area contributed by atoms with Crippen LogP contribution in [0.3, 0.4) is 0 Å². The summed E-state index contributed by atoms with van der Waals surface area (Å²) >= 11 is 0. The highest BCUT2D eigenvalue weighted by Crippen LogP contribution is 1.99. The first-order chi connectivity index (χ1) is 10.8. The number of nitrogens with zero attached hydrogens (tertiary/aromatic N) is 1. The molecule has 0 radical (unpaired) electrons. The Hall–Kier alpha value is -0.860. The average Bonchev–Trinajstić information content (AvgIpc) is 2.54. The molecule has 0 spiro atoms. The van der Waals surface area contributed by atoms with Gasteiger partial charge in [0.15, 0.2) is 5.96 Å². The van der Waals surface area contributed by atoms with E-state index in [9.17, 15) is 0 Å². The summed E-state index contributed by atoms with van der Waals surface area (Å²) in [4.78, 5) is 4.18. The third kappa shape index (κ3) is 11.3.